The maximum atomic E-state index is 5.73. The van der Waals surface area contributed by atoms with Gasteiger partial charge < -0.3 is 14.2 Å². The summed E-state index contributed by atoms with van der Waals surface area (Å²) in [6, 6.07) is 18.8. The molecule has 0 atom stereocenters. The topological polar surface area (TPSA) is 27.7 Å². The van der Waals surface area contributed by atoms with E-state index in [0.717, 1.165) is 25.0 Å². The number of rotatable bonds is 11. The fourth-order valence-corrected chi connectivity index (χ4v) is 2.53. The zero-order valence-electron chi connectivity index (χ0n) is 14.7. The zero-order valence-corrected chi connectivity index (χ0v) is 14.7. The largest absolute Gasteiger partial charge is 0.377 e. The highest BCUT2D eigenvalue weighted by Crippen LogP contribution is 2.20. The van der Waals surface area contributed by atoms with Gasteiger partial charge in [0.05, 0.1) is 6.61 Å². The standard InChI is InChI=1S/C21H28O3/c1-3-23-21(24-4-2)20-14-12-18(13-15-20)11-8-16-22-17-19-9-6-5-7-10-19/h5-7,9-10,12-15,21H,3-4,8,11,16-17H2,1-2H3. The van der Waals surface area contributed by atoms with Crippen molar-refractivity contribution in [2.45, 2.75) is 39.6 Å². The summed E-state index contributed by atoms with van der Waals surface area (Å²) in [4.78, 5) is 0. The minimum Gasteiger partial charge on any atom is -0.377 e. The van der Waals surface area contributed by atoms with Gasteiger partial charge in [0.15, 0.2) is 6.29 Å². The van der Waals surface area contributed by atoms with Crippen LogP contribution >= 0.6 is 0 Å². The Labute approximate surface area is 145 Å². The summed E-state index contributed by atoms with van der Waals surface area (Å²) < 4.78 is 17.0. The second kappa shape index (κ2) is 11.0. The Kier molecular flexibility index (Phi) is 8.53. The van der Waals surface area contributed by atoms with Crippen LogP contribution in [0.2, 0.25) is 0 Å². The zero-order chi connectivity index (χ0) is 17.0. The molecule has 0 heterocycles. The molecule has 0 aliphatic rings. The van der Waals surface area contributed by atoms with E-state index in [1.165, 1.54) is 11.1 Å². The van der Waals surface area contributed by atoms with Crippen molar-refractivity contribution < 1.29 is 14.2 Å². The molecule has 2 rings (SSSR count). The average molecular weight is 328 g/mol. The molecular weight excluding hydrogens is 300 g/mol. The molecule has 130 valence electrons. The van der Waals surface area contributed by atoms with E-state index in [0.29, 0.717) is 19.8 Å². The number of ether oxygens (including phenoxy) is 3. The monoisotopic (exact) mass is 328 g/mol. The van der Waals surface area contributed by atoms with Crippen LogP contribution < -0.4 is 0 Å². The van der Waals surface area contributed by atoms with Crippen molar-refractivity contribution in [2.75, 3.05) is 19.8 Å². The molecule has 0 amide bonds. The van der Waals surface area contributed by atoms with Gasteiger partial charge in [-0.25, -0.2) is 0 Å². The van der Waals surface area contributed by atoms with Gasteiger partial charge in [-0.15, -0.1) is 0 Å². The van der Waals surface area contributed by atoms with Gasteiger partial charge in [0, 0.05) is 25.4 Å². The Balaban J connectivity index is 1.71. The summed E-state index contributed by atoms with van der Waals surface area (Å²) in [7, 11) is 0. The van der Waals surface area contributed by atoms with Crippen molar-refractivity contribution in [2.24, 2.45) is 0 Å². The molecule has 0 fully saturated rings. The first kappa shape index (κ1) is 18.7. The van der Waals surface area contributed by atoms with Gasteiger partial charge in [-0.05, 0) is 37.8 Å². The molecule has 0 aliphatic heterocycles. The van der Waals surface area contributed by atoms with Crippen LogP contribution in [0.4, 0.5) is 0 Å². The molecule has 0 N–H and O–H groups in total. The molecule has 2 aromatic rings. The van der Waals surface area contributed by atoms with Gasteiger partial charge in [-0.1, -0.05) is 54.6 Å². The summed E-state index contributed by atoms with van der Waals surface area (Å²) in [6.07, 6.45) is 1.78. The Morgan fingerprint density at radius 1 is 0.792 bits per heavy atom. The Morgan fingerprint density at radius 2 is 1.46 bits per heavy atom. The first-order valence-corrected chi connectivity index (χ1v) is 8.77. The van der Waals surface area contributed by atoms with Crippen LogP contribution in [0.5, 0.6) is 0 Å². The highest BCUT2D eigenvalue weighted by atomic mass is 16.7. The van der Waals surface area contributed by atoms with Crippen LogP contribution in [0.1, 0.15) is 43.2 Å². The maximum absolute atomic E-state index is 5.73. The minimum atomic E-state index is -0.261. The smallest absolute Gasteiger partial charge is 0.183 e. The molecule has 0 spiro atoms. The molecule has 3 nitrogen and oxygen atoms in total. The van der Waals surface area contributed by atoms with E-state index in [1.807, 2.05) is 32.0 Å². The fraction of sp³-hybridized carbons (Fsp3) is 0.429. The Bertz CT molecular complexity index is 545. The van der Waals surface area contributed by atoms with Gasteiger partial charge in [-0.2, -0.15) is 0 Å². The molecular formula is C21H28O3. The molecule has 3 heteroatoms. The van der Waals surface area contributed by atoms with Crippen LogP contribution in [0.25, 0.3) is 0 Å². The average Bonchev–Trinajstić information content (AvgIpc) is 2.63. The highest BCUT2D eigenvalue weighted by Gasteiger charge is 2.10. The lowest BCUT2D eigenvalue weighted by Gasteiger charge is -2.17. The molecule has 0 saturated carbocycles. The van der Waals surface area contributed by atoms with E-state index in [-0.39, 0.29) is 6.29 Å². The van der Waals surface area contributed by atoms with Gasteiger partial charge >= 0.3 is 0 Å². The minimum absolute atomic E-state index is 0.261. The van der Waals surface area contributed by atoms with Crippen molar-refractivity contribution in [3.8, 4) is 0 Å². The van der Waals surface area contributed by atoms with Crippen LogP contribution in [-0.2, 0) is 27.2 Å². The van der Waals surface area contributed by atoms with Crippen molar-refractivity contribution in [3.05, 3.63) is 71.3 Å². The van der Waals surface area contributed by atoms with Crippen molar-refractivity contribution >= 4 is 0 Å². The van der Waals surface area contributed by atoms with E-state index < -0.39 is 0 Å². The van der Waals surface area contributed by atoms with E-state index in [2.05, 4.69) is 36.4 Å². The summed E-state index contributed by atoms with van der Waals surface area (Å²) in [5, 5.41) is 0. The Morgan fingerprint density at radius 3 is 2.08 bits per heavy atom. The number of hydrogen-bond donors (Lipinski definition) is 0. The van der Waals surface area contributed by atoms with Crippen LogP contribution in [0.3, 0.4) is 0 Å². The lowest BCUT2D eigenvalue weighted by molar-refractivity contribution is -0.140. The molecule has 0 aliphatic carbocycles. The van der Waals surface area contributed by atoms with Crippen molar-refractivity contribution in [1.82, 2.24) is 0 Å². The predicted octanol–water partition coefficient (Wildman–Crippen LogP) is 4.91. The quantitative estimate of drug-likeness (QED) is 0.433. The maximum Gasteiger partial charge on any atom is 0.183 e. The number of aryl methyl sites for hydroxylation is 1. The summed E-state index contributed by atoms with van der Waals surface area (Å²) in [5.74, 6) is 0. The summed E-state index contributed by atoms with van der Waals surface area (Å²) in [6.45, 7) is 6.71. The Hall–Kier alpha value is -1.68. The van der Waals surface area contributed by atoms with Gasteiger partial charge in [0.2, 0.25) is 0 Å². The van der Waals surface area contributed by atoms with Gasteiger partial charge in [0.1, 0.15) is 0 Å². The first-order chi connectivity index (χ1) is 11.8. The molecule has 0 saturated heterocycles. The SMILES string of the molecule is CCOC(OCC)c1ccc(CCCOCc2ccccc2)cc1. The third-order valence-electron chi connectivity index (χ3n) is 3.75. The van der Waals surface area contributed by atoms with Crippen LogP contribution in [-0.4, -0.2) is 19.8 Å². The summed E-state index contributed by atoms with van der Waals surface area (Å²) in [5.41, 5.74) is 3.61. The van der Waals surface area contributed by atoms with E-state index >= 15 is 0 Å². The first-order valence-electron chi connectivity index (χ1n) is 8.77. The summed E-state index contributed by atoms with van der Waals surface area (Å²) >= 11 is 0. The highest BCUT2D eigenvalue weighted by molar-refractivity contribution is 5.23. The predicted molar refractivity (Wildman–Crippen MR) is 96.9 cm³/mol. The molecule has 0 radical (unpaired) electrons. The van der Waals surface area contributed by atoms with E-state index in [4.69, 9.17) is 14.2 Å². The number of benzene rings is 2. The van der Waals surface area contributed by atoms with E-state index in [1.54, 1.807) is 0 Å². The van der Waals surface area contributed by atoms with Gasteiger partial charge in [-0.3, -0.25) is 0 Å². The fourth-order valence-electron chi connectivity index (χ4n) is 2.53. The third kappa shape index (κ3) is 6.44. The van der Waals surface area contributed by atoms with Crippen molar-refractivity contribution in [1.29, 1.82) is 0 Å². The number of hydrogen-bond acceptors (Lipinski definition) is 3. The third-order valence-corrected chi connectivity index (χ3v) is 3.75. The normalized spacial score (nSPS) is 11.1. The molecule has 2 aromatic carbocycles. The lowest BCUT2D eigenvalue weighted by Crippen LogP contribution is -2.08. The molecule has 0 unspecified atom stereocenters. The molecule has 0 aromatic heterocycles. The van der Waals surface area contributed by atoms with Crippen molar-refractivity contribution in [3.63, 3.8) is 0 Å². The van der Waals surface area contributed by atoms with Crippen LogP contribution in [0, 0.1) is 0 Å². The lowest BCUT2D eigenvalue weighted by atomic mass is 10.1. The molecule has 24 heavy (non-hydrogen) atoms. The second-order valence-corrected chi connectivity index (χ2v) is 5.63. The van der Waals surface area contributed by atoms with E-state index in [9.17, 15) is 0 Å². The van der Waals surface area contributed by atoms with Crippen LogP contribution in [0.15, 0.2) is 54.6 Å². The molecule has 0 bridgehead atoms. The van der Waals surface area contributed by atoms with Gasteiger partial charge in [0.25, 0.3) is 0 Å². The second-order valence-electron chi connectivity index (χ2n) is 5.63.